The zero-order valence-electron chi connectivity index (χ0n) is 38.0. The summed E-state index contributed by atoms with van der Waals surface area (Å²) in [7, 11) is 0. The van der Waals surface area contributed by atoms with Gasteiger partial charge in [-0.3, -0.25) is 0 Å². The van der Waals surface area contributed by atoms with Crippen LogP contribution in [0.25, 0.3) is 0 Å². The van der Waals surface area contributed by atoms with E-state index in [0.717, 1.165) is 47.1 Å². The minimum absolute atomic E-state index is 0.150. The highest BCUT2D eigenvalue weighted by atomic mass is 16.8. The molecule has 352 valence electrons. The van der Waals surface area contributed by atoms with Crippen molar-refractivity contribution in [2.45, 2.75) is 140 Å². The fraction of sp³-hybridized carbons (Fsp3) is 0.455. The standard InChI is InChI=1S/C55H66O11/c1-2-3-4-5-6-22-33-58-54-47(56)50(49-46(63-54)39-62-53(65-49)44-31-20-11-21-32-44)66-55-52(61-37-43-29-18-10-19-30-43)51(60-36-42-27-16-9-17-28-42)48(59-35-41-25-14-8-15-26-41)45(64-55)38-57-34-40-23-12-7-13-24-40/h7-21,23-32,45-56H,2-6,22,33-39H2,1H3/t45-,46-,47-,48-,49-,50-,51+,52-,53?,54-,55-/m1/s1. The lowest BCUT2D eigenvalue weighted by Gasteiger charge is -2.51. The topological polar surface area (TPSA) is 113 Å². The van der Waals surface area contributed by atoms with Crippen LogP contribution in [0.5, 0.6) is 0 Å². The molecule has 0 saturated carbocycles. The molecule has 11 atom stereocenters. The van der Waals surface area contributed by atoms with Crippen molar-refractivity contribution in [1.29, 1.82) is 0 Å². The number of benzene rings is 5. The van der Waals surface area contributed by atoms with Gasteiger partial charge in [-0.25, -0.2) is 0 Å². The quantitative estimate of drug-likeness (QED) is 0.0598. The highest BCUT2D eigenvalue weighted by molar-refractivity contribution is 5.18. The van der Waals surface area contributed by atoms with Crippen molar-refractivity contribution in [2.75, 3.05) is 19.8 Å². The van der Waals surface area contributed by atoms with E-state index in [2.05, 4.69) is 6.92 Å². The molecule has 8 rings (SSSR count). The molecule has 3 saturated heterocycles. The van der Waals surface area contributed by atoms with Gasteiger partial charge < -0.3 is 52.5 Å². The molecule has 66 heavy (non-hydrogen) atoms. The number of rotatable bonds is 24. The van der Waals surface area contributed by atoms with E-state index < -0.39 is 67.7 Å². The molecule has 11 heteroatoms. The number of aliphatic hydroxyl groups is 1. The fourth-order valence-electron chi connectivity index (χ4n) is 8.73. The summed E-state index contributed by atoms with van der Waals surface area (Å²) in [6, 6.07) is 49.8. The van der Waals surface area contributed by atoms with E-state index in [1.807, 2.05) is 152 Å². The summed E-state index contributed by atoms with van der Waals surface area (Å²) < 4.78 is 67.2. The van der Waals surface area contributed by atoms with Gasteiger partial charge in [-0.1, -0.05) is 191 Å². The lowest BCUT2D eigenvalue weighted by Crippen LogP contribution is -2.67. The molecular weight excluding hydrogens is 837 g/mol. The van der Waals surface area contributed by atoms with Crippen LogP contribution in [0, 0.1) is 0 Å². The first-order valence-electron chi connectivity index (χ1n) is 23.8. The van der Waals surface area contributed by atoms with E-state index in [1.165, 1.54) is 19.3 Å². The number of unbranched alkanes of at least 4 members (excludes halogenated alkanes) is 5. The van der Waals surface area contributed by atoms with Crippen LogP contribution in [0.15, 0.2) is 152 Å². The Morgan fingerprint density at radius 3 is 1.61 bits per heavy atom. The molecule has 0 bridgehead atoms. The number of aliphatic hydroxyl groups excluding tert-OH is 1. The second-order valence-corrected chi connectivity index (χ2v) is 17.3. The summed E-state index contributed by atoms with van der Waals surface area (Å²) in [5.74, 6) is 0. The Morgan fingerprint density at radius 2 is 1.02 bits per heavy atom. The van der Waals surface area contributed by atoms with E-state index in [0.29, 0.717) is 19.8 Å². The van der Waals surface area contributed by atoms with Gasteiger partial charge in [-0.2, -0.15) is 0 Å². The third kappa shape index (κ3) is 13.6. The zero-order valence-corrected chi connectivity index (χ0v) is 38.0. The maximum Gasteiger partial charge on any atom is 0.187 e. The maximum absolute atomic E-state index is 12.4. The average molecular weight is 903 g/mol. The predicted octanol–water partition coefficient (Wildman–Crippen LogP) is 9.65. The Labute approximate surface area is 390 Å². The molecule has 0 amide bonds. The molecule has 5 aromatic rings. The summed E-state index contributed by atoms with van der Waals surface area (Å²) in [6.45, 7) is 4.13. The van der Waals surface area contributed by atoms with Gasteiger partial charge in [0, 0.05) is 12.2 Å². The maximum atomic E-state index is 12.4. The summed E-state index contributed by atoms with van der Waals surface area (Å²) in [4.78, 5) is 0. The predicted molar refractivity (Wildman–Crippen MR) is 249 cm³/mol. The Morgan fingerprint density at radius 1 is 0.500 bits per heavy atom. The number of ether oxygens (including phenoxy) is 10. The van der Waals surface area contributed by atoms with E-state index in [-0.39, 0.29) is 26.4 Å². The van der Waals surface area contributed by atoms with Crippen molar-refractivity contribution in [1.82, 2.24) is 0 Å². The van der Waals surface area contributed by atoms with Crippen molar-refractivity contribution in [3.63, 3.8) is 0 Å². The second-order valence-electron chi connectivity index (χ2n) is 17.3. The van der Waals surface area contributed by atoms with Gasteiger partial charge in [0.15, 0.2) is 18.9 Å². The number of hydrogen-bond acceptors (Lipinski definition) is 11. The molecule has 3 aliphatic heterocycles. The van der Waals surface area contributed by atoms with Crippen LogP contribution in [0.1, 0.15) is 79.6 Å². The van der Waals surface area contributed by atoms with Crippen molar-refractivity contribution in [3.8, 4) is 0 Å². The Balaban J connectivity index is 1.12. The normalized spacial score (nSPS) is 27.6. The largest absolute Gasteiger partial charge is 0.385 e. The van der Waals surface area contributed by atoms with Crippen LogP contribution < -0.4 is 0 Å². The molecule has 0 aliphatic carbocycles. The van der Waals surface area contributed by atoms with Gasteiger partial charge in [0.2, 0.25) is 0 Å². The molecule has 3 aliphatic rings. The molecule has 5 aromatic carbocycles. The minimum atomic E-state index is -1.26. The van der Waals surface area contributed by atoms with E-state index in [1.54, 1.807) is 0 Å². The van der Waals surface area contributed by atoms with Crippen molar-refractivity contribution in [3.05, 3.63) is 179 Å². The van der Waals surface area contributed by atoms with Gasteiger partial charge in [-0.05, 0) is 28.7 Å². The minimum Gasteiger partial charge on any atom is -0.385 e. The van der Waals surface area contributed by atoms with Gasteiger partial charge in [0.1, 0.15) is 48.8 Å². The van der Waals surface area contributed by atoms with E-state index in [9.17, 15) is 5.11 Å². The Kier molecular flexibility index (Phi) is 18.7. The summed E-state index contributed by atoms with van der Waals surface area (Å²) >= 11 is 0. The van der Waals surface area contributed by atoms with Crippen molar-refractivity contribution >= 4 is 0 Å². The summed E-state index contributed by atoms with van der Waals surface area (Å²) in [6.07, 6.45) is -2.83. The van der Waals surface area contributed by atoms with Gasteiger partial charge >= 0.3 is 0 Å². The smallest absolute Gasteiger partial charge is 0.187 e. The lowest BCUT2D eigenvalue weighted by molar-refractivity contribution is -0.397. The van der Waals surface area contributed by atoms with Crippen LogP contribution in [-0.2, 0) is 73.8 Å². The molecule has 3 heterocycles. The van der Waals surface area contributed by atoms with Crippen LogP contribution >= 0.6 is 0 Å². The number of fused-ring (bicyclic) bond motifs is 1. The lowest BCUT2D eigenvalue weighted by atomic mass is 9.95. The van der Waals surface area contributed by atoms with Gasteiger partial charge in [0.25, 0.3) is 0 Å². The highest BCUT2D eigenvalue weighted by Crippen LogP contribution is 2.39. The van der Waals surface area contributed by atoms with E-state index >= 15 is 0 Å². The molecule has 1 N–H and O–H groups in total. The Hall–Kier alpha value is -4.34. The molecule has 0 aromatic heterocycles. The van der Waals surface area contributed by atoms with E-state index in [4.69, 9.17) is 47.4 Å². The van der Waals surface area contributed by atoms with Crippen molar-refractivity contribution in [2.24, 2.45) is 0 Å². The molecular formula is C55H66O11. The van der Waals surface area contributed by atoms with Crippen LogP contribution in [-0.4, -0.2) is 86.3 Å². The first kappa shape index (κ1) is 48.1. The van der Waals surface area contributed by atoms with Crippen LogP contribution in [0.4, 0.5) is 0 Å². The second kappa shape index (κ2) is 25.7. The monoisotopic (exact) mass is 902 g/mol. The molecule has 3 fully saturated rings. The summed E-state index contributed by atoms with van der Waals surface area (Å²) in [5, 5.41) is 12.4. The SMILES string of the molecule is CCCCCCCCO[C@@H]1O[C@@H]2COC(c3ccccc3)O[C@H]2[C@H](O[C@H]2O[C@H](COCc3ccccc3)[C@@H](OCc3ccccc3)[C@H](OCc3ccccc3)[C@H]2OCc2ccccc2)[C@H]1O. The van der Waals surface area contributed by atoms with Crippen molar-refractivity contribution < 1.29 is 52.5 Å². The van der Waals surface area contributed by atoms with Gasteiger partial charge in [0.05, 0.1) is 39.6 Å². The third-order valence-corrected chi connectivity index (χ3v) is 12.3. The molecule has 0 radical (unpaired) electrons. The first-order valence-corrected chi connectivity index (χ1v) is 23.8. The van der Waals surface area contributed by atoms with Gasteiger partial charge in [-0.15, -0.1) is 0 Å². The van der Waals surface area contributed by atoms with Crippen LogP contribution in [0.3, 0.4) is 0 Å². The Bertz CT molecular complexity index is 2060. The molecule has 1 unspecified atom stereocenters. The summed E-state index contributed by atoms with van der Waals surface area (Å²) in [5.41, 5.74) is 4.80. The highest BCUT2D eigenvalue weighted by Gasteiger charge is 2.55. The molecule has 0 spiro atoms. The third-order valence-electron chi connectivity index (χ3n) is 12.3. The first-order chi connectivity index (χ1) is 32.6. The fourth-order valence-corrected chi connectivity index (χ4v) is 8.73. The van der Waals surface area contributed by atoms with Crippen LogP contribution in [0.2, 0.25) is 0 Å². The molecule has 11 nitrogen and oxygen atoms in total. The average Bonchev–Trinajstić information content (AvgIpc) is 3.37. The number of hydrogen-bond donors (Lipinski definition) is 1. The zero-order chi connectivity index (χ0) is 45.2.